The molecule has 3 heteroatoms. The zero-order chi connectivity index (χ0) is 11.5. The molecule has 0 aromatic carbocycles. The molecule has 0 aliphatic heterocycles. The SMILES string of the molecule is Cc1nccn1C(C)CCNC(C)(C)C. The maximum atomic E-state index is 4.24. The zero-order valence-corrected chi connectivity index (χ0v) is 10.5. The van der Waals surface area contributed by atoms with Crippen molar-refractivity contribution in [3.8, 4) is 0 Å². The highest BCUT2D eigenvalue weighted by molar-refractivity contribution is 4.91. The van der Waals surface area contributed by atoms with E-state index in [2.05, 4.69) is 48.8 Å². The van der Waals surface area contributed by atoms with Gasteiger partial charge in [0.1, 0.15) is 5.82 Å². The van der Waals surface area contributed by atoms with Crippen molar-refractivity contribution in [1.82, 2.24) is 14.9 Å². The van der Waals surface area contributed by atoms with Crippen LogP contribution in [-0.2, 0) is 0 Å². The lowest BCUT2D eigenvalue weighted by Crippen LogP contribution is -2.37. The van der Waals surface area contributed by atoms with E-state index in [0.717, 1.165) is 18.8 Å². The van der Waals surface area contributed by atoms with Crippen molar-refractivity contribution in [2.24, 2.45) is 0 Å². The summed E-state index contributed by atoms with van der Waals surface area (Å²) in [4.78, 5) is 4.24. The molecule has 1 N–H and O–H groups in total. The van der Waals surface area contributed by atoms with Crippen LogP contribution in [0.5, 0.6) is 0 Å². The van der Waals surface area contributed by atoms with Gasteiger partial charge < -0.3 is 9.88 Å². The van der Waals surface area contributed by atoms with Gasteiger partial charge in [0.15, 0.2) is 0 Å². The molecule has 1 unspecified atom stereocenters. The Morgan fingerprint density at radius 2 is 2.13 bits per heavy atom. The third-order valence-electron chi connectivity index (χ3n) is 2.55. The Kier molecular flexibility index (Phi) is 3.91. The van der Waals surface area contributed by atoms with Crippen LogP contribution in [0.15, 0.2) is 12.4 Å². The fraction of sp³-hybridized carbons (Fsp3) is 0.750. The molecule has 1 aromatic rings. The van der Waals surface area contributed by atoms with Gasteiger partial charge in [0, 0.05) is 24.0 Å². The summed E-state index contributed by atoms with van der Waals surface area (Å²) >= 11 is 0. The van der Waals surface area contributed by atoms with Crippen molar-refractivity contribution >= 4 is 0 Å². The van der Waals surface area contributed by atoms with Crippen molar-refractivity contribution in [1.29, 1.82) is 0 Å². The standard InChI is InChI=1S/C12H23N3/c1-10(6-7-14-12(3,4)5)15-9-8-13-11(15)2/h8-10,14H,6-7H2,1-5H3. The van der Waals surface area contributed by atoms with Crippen molar-refractivity contribution in [3.63, 3.8) is 0 Å². The number of nitrogens with zero attached hydrogens (tertiary/aromatic N) is 2. The number of rotatable bonds is 4. The van der Waals surface area contributed by atoms with Crippen LogP contribution in [0.25, 0.3) is 0 Å². The fourth-order valence-electron chi connectivity index (χ4n) is 1.65. The van der Waals surface area contributed by atoms with Crippen LogP contribution in [0, 0.1) is 6.92 Å². The molecule has 1 aromatic heterocycles. The van der Waals surface area contributed by atoms with Crippen LogP contribution in [0.4, 0.5) is 0 Å². The lowest BCUT2D eigenvalue weighted by atomic mass is 10.1. The highest BCUT2D eigenvalue weighted by Gasteiger charge is 2.10. The molecular formula is C12H23N3. The van der Waals surface area contributed by atoms with Crippen LogP contribution >= 0.6 is 0 Å². The average Bonchev–Trinajstić information content (AvgIpc) is 2.48. The summed E-state index contributed by atoms with van der Waals surface area (Å²) < 4.78 is 2.23. The van der Waals surface area contributed by atoms with Crippen molar-refractivity contribution in [2.45, 2.75) is 52.6 Å². The van der Waals surface area contributed by atoms with Gasteiger partial charge in [-0.2, -0.15) is 0 Å². The molecule has 86 valence electrons. The van der Waals surface area contributed by atoms with Crippen molar-refractivity contribution in [2.75, 3.05) is 6.54 Å². The van der Waals surface area contributed by atoms with Crippen molar-refractivity contribution in [3.05, 3.63) is 18.2 Å². The summed E-state index contributed by atoms with van der Waals surface area (Å²) in [5, 5.41) is 3.50. The lowest BCUT2D eigenvalue weighted by molar-refractivity contribution is 0.389. The molecule has 0 aliphatic carbocycles. The monoisotopic (exact) mass is 209 g/mol. The van der Waals surface area contributed by atoms with Crippen LogP contribution in [-0.4, -0.2) is 21.6 Å². The number of aryl methyl sites for hydroxylation is 1. The largest absolute Gasteiger partial charge is 0.332 e. The van der Waals surface area contributed by atoms with Gasteiger partial charge in [0.25, 0.3) is 0 Å². The van der Waals surface area contributed by atoms with Crippen LogP contribution < -0.4 is 5.32 Å². The van der Waals surface area contributed by atoms with Crippen LogP contribution in [0.3, 0.4) is 0 Å². The summed E-state index contributed by atoms with van der Waals surface area (Å²) in [6, 6.07) is 0.516. The summed E-state index contributed by atoms with van der Waals surface area (Å²) in [6.07, 6.45) is 5.05. The Balaban J connectivity index is 2.37. The van der Waals surface area contributed by atoms with Gasteiger partial charge in [-0.05, 0) is 47.6 Å². The van der Waals surface area contributed by atoms with E-state index < -0.39 is 0 Å². The number of nitrogens with one attached hydrogen (secondary N) is 1. The summed E-state index contributed by atoms with van der Waals surface area (Å²) in [6.45, 7) is 11.9. The molecule has 0 fully saturated rings. The Morgan fingerprint density at radius 1 is 1.47 bits per heavy atom. The third-order valence-corrected chi connectivity index (χ3v) is 2.55. The normalized spacial score (nSPS) is 14.2. The van der Waals surface area contributed by atoms with Gasteiger partial charge in [0.2, 0.25) is 0 Å². The molecule has 0 spiro atoms. The van der Waals surface area contributed by atoms with Gasteiger partial charge in [0.05, 0.1) is 0 Å². The highest BCUT2D eigenvalue weighted by Crippen LogP contribution is 2.12. The maximum Gasteiger partial charge on any atom is 0.105 e. The molecule has 0 bridgehead atoms. The zero-order valence-electron chi connectivity index (χ0n) is 10.5. The minimum absolute atomic E-state index is 0.212. The second-order valence-electron chi connectivity index (χ2n) is 5.20. The average molecular weight is 209 g/mol. The number of imidazole rings is 1. The van der Waals surface area contributed by atoms with Gasteiger partial charge in [-0.15, -0.1) is 0 Å². The molecule has 1 atom stereocenters. The first-order valence-corrected chi connectivity index (χ1v) is 5.64. The van der Waals surface area contributed by atoms with Gasteiger partial charge >= 0.3 is 0 Å². The summed E-state index contributed by atoms with van der Waals surface area (Å²) in [5.74, 6) is 1.10. The topological polar surface area (TPSA) is 29.9 Å². The smallest absolute Gasteiger partial charge is 0.105 e. The molecule has 1 rings (SSSR count). The molecule has 3 nitrogen and oxygen atoms in total. The second kappa shape index (κ2) is 4.79. The van der Waals surface area contributed by atoms with Crippen LogP contribution in [0.2, 0.25) is 0 Å². The van der Waals surface area contributed by atoms with E-state index in [1.807, 2.05) is 13.1 Å². The van der Waals surface area contributed by atoms with E-state index in [-0.39, 0.29) is 5.54 Å². The first-order chi connectivity index (χ1) is 6.90. The maximum absolute atomic E-state index is 4.24. The Hall–Kier alpha value is -0.830. The van der Waals surface area contributed by atoms with Crippen LogP contribution in [0.1, 0.15) is 46.0 Å². The molecular weight excluding hydrogens is 186 g/mol. The van der Waals surface area contributed by atoms with E-state index in [9.17, 15) is 0 Å². The molecule has 0 amide bonds. The number of aromatic nitrogens is 2. The summed E-state index contributed by atoms with van der Waals surface area (Å²) in [5.41, 5.74) is 0.212. The Bertz CT molecular complexity index is 296. The third kappa shape index (κ3) is 4.04. The van der Waals surface area contributed by atoms with Gasteiger partial charge in [-0.1, -0.05) is 0 Å². The van der Waals surface area contributed by atoms with Gasteiger partial charge in [-0.3, -0.25) is 0 Å². The predicted octanol–water partition coefficient (Wildman–Crippen LogP) is 2.53. The second-order valence-corrected chi connectivity index (χ2v) is 5.20. The minimum atomic E-state index is 0.212. The molecule has 1 heterocycles. The predicted molar refractivity (Wildman–Crippen MR) is 64.0 cm³/mol. The molecule has 0 radical (unpaired) electrons. The Morgan fingerprint density at radius 3 is 2.60 bits per heavy atom. The number of hydrogen-bond acceptors (Lipinski definition) is 2. The molecule has 15 heavy (non-hydrogen) atoms. The van der Waals surface area contributed by atoms with E-state index in [0.29, 0.717) is 6.04 Å². The molecule has 0 saturated heterocycles. The summed E-state index contributed by atoms with van der Waals surface area (Å²) in [7, 11) is 0. The first-order valence-electron chi connectivity index (χ1n) is 5.64. The van der Waals surface area contributed by atoms with Crippen molar-refractivity contribution < 1.29 is 0 Å². The minimum Gasteiger partial charge on any atom is -0.332 e. The Labute approximate surface area is 92.9 Å². The van der Waals surface area contributed by atoms with E-state index in [1.54, 1.807) is 0 Å². The highest BCUT2D eigenvalue weighted by atomic mass is 15.1. The number of hydrogen-bond donors (Lipinski definition) is 1. The lowest BCUT2D eigenvalue weighted by Gasteiger charge is -2.22. The first kappa shape index (κ1) is 12.2. The van der Waals surface area contributed by atoms with E-state index in [4.69, 9.17) is 0 Å². The fourth-order valence-corrected chi connectivity index (χ4v) is 1.65. The van der Waals surface area contributed by atoms with Gasteiger partial charge in [-0.25, -0.2) is 4.98 Å². The molecule has 0 aliphatic rings. The molecule has 0 saturated carbocycles. The van der Waals surface area contributed by atoms with E-state index >= 15 is 0 Å². The quantitative estimate of drug-likeness (QED) is 0.826. The van der Waals surface area contributed by atoms with E-state index in [1.165, 1.54) is 0 Å².